The second-order valence-corrected chi connectivity index (χ2v) is 5.28. The molecule has 0 aliphatic carbocycles. The maximum atomic E-state index is 11.7. The molecule has 0 aromatic carbocycles. The third-order valence-corrected chi connectivity index (χ3v) is 4.33. The third kappa shape index (κ3) is 2.40. The molecule has 7 heteroatoms. The Morgan fingerprint density at radius 2 is 2.27 bits per heavy atom. The number of aromatic nitrogens is 2. The predicted molar refractivity (Wildman–Crippen MR) is 59.7 cm³/mol. The summed E-state index contributed by atoms with van der Waals surface area (Å²) < 4.78 is 27.6. The largest absolute Gasteiger partial charge is 0.325 e. The summed E-state index contributed by atoms with van der Waals surface area (Å²) in [7, 11) is -1.91. The van der Waals surface area contributed by atoms with Gasteiger partial charge in [0.25, 0.3) is 10.0 Å². The van der Waals surface area contributed by atoms with Gasteiger partial charge >= 0.3 is 0 Å². The highest BCUT2D eigenvalue weighted by Gasteiger charge is 2.22. The number of nitrogens with one attached hydrogen (secondary N) is 1. The third-order valence-electron chi connectivity index (χ3n) is 1.84. The summed E-state index contributed by atoms with van der Waals surface area (Å²) in [5.41, 5.74) is 0. The molecule has 1 N–H and O–H groups in total. The first-order valence-electron chi connectivity index (χ1n) is 4.02. The number of aryl methyl sites for hydroxylation is 1. The molecule has 0 atom stereocenters. The molecule has 0 amide bonds. The van der Waals surface area contributed by atoms with Gasteiger partial charge in [-0.15, -0.1) is 6.42 Å². The van der Waals surface area contributed by atoms with Gasteiger partial charge in [0, 0.05) is 7.05 Å². The van der Waals surface area contributed by atoms with Crippen LogP contribution in [-0.2, 0) is 17.1 Å². The maximum Gasteiger partial charge on any atom is 0.261 e. The van der Waals surface area contributed by atoms with Gasteiger partial charge in [-0.2, -0.15) is 4.72 Å². The fourth-order valence-electron chi connectivity index (χ4n) is 0.930. The summed E-state index contributed by atoms with van der Waals surface area (Å²) in [6.45, 7) is 1.66. The van der Waals surface area contributed by atoms with E-state index in [1.807, 2.05) is 0 Å². The minimum atomic E-state index is -3.63. The van der Waals surface area contributed by atoms with Crippen molar-refractivity contribution >= 4 is 26.0 Å². The lowest BCUT2D eigenvalue weighted by Crippen LogP contribution is -2.24. The van der Waals surface area contributed by atoms with E-state index in [-0.39, 0.29) is 11.6 Å². The van der Waals surface area contributed by atoms with Crippen molar-refractivity contribution < 1.29 is 8.42 Å². The minimum Gasteiger partial charge on any atom is -0.325 e. The smallest absolute Gasteiger partial charge is 0.261 e. The standard InChI is InChI=1S/C8H10BrN3O2S/c1-4-5-10-15(13,14)8-7(9)12(3)6(2)11-8/h1,10H,5H2,2-3H3. The van der Waals surface area contributed by atoms with Gasteiger partial charge in [0.05, 0.1) is 6.54 Å². The molecule has 0 saturated heterocycles. The lowest BCUT2D eigenvalue weighted by atomic mass is 10.7. The average Bonchev–Trinajstić information content (AvgIpc) is 2.43. The normalized spacial score (nSPS) is 11.3. The second-order valence-electron chi connectivity index (χ2n) is 2.84. The minimum absolute atomic E-state index is 0.0437. The van der Waals surface area contributed by atoms with Crippen LogP contribution in [0.3, 0.4) is 0 Å². The topological polar surface area (TPSA) is 64.0 Å². The molecule has 1 aromatic heterocycles. The monoisotopic (exact) mass is 291 g/mol. The van der Waals surface area contributed by atoms with Crippen LogP contribution < -0.4 is 4.72 Å². The highest BCUT2D eigenvalue weighted by atomic mass is 79.9. The molecule has 0 radical (unpaired) electrons. The van der Waals surface area contributed by atoms with Gasteiger partial charge in [0.2, 0.25) is 5.03 Å². The van der Waals surface area contributed by atoms with Crippen LogP contribution >= 0.6 is 15.9 Å². The zero-order valence-corrected chi connectivity index (χ0v) is 10.7. The summed E-state index contributed by atoms with van der Waals surface area (Å²) in [5.74, 6) is 2.79. The van der Waals surface area contributed by atoms with E-state index in [1.165, 1.54) is 0 Å². The summed E-state index contributed by atoms with van der Waals surface area (Å²) in [4.78, 5) is 3.93. The maximum absolute atomic E-state index is 11.7. The van der Waals surface area contributed by atoms with Crippen LogP contribution in [0.2, 0.25) is 0 Å². The van der Waals surface area contributed by atoms with Crippen molar-refractivity contribution in [2.24, 2.45) is 7.05 Å². The van der Waals surface area contributed by atoms with E-state index in [0.29, 0.717) is 10.4 Å². The van der Waals surface area contributed by atoms with Gasteiger partial charge in [-0.05, 0) is 22.9 Å². The highest BCUT2D eigenvalue weighted by Crippen LogP contribution is 2.21. The summed E-state index contributed by atoms with van der Waals surface area (Å²) >= 11 is 3.16. The molecule has 15 heavy (non-hydrogen) atoms. The quantitative estimate of drug-likeness (QED) is 0.820. The number of sulfonamides is 1. The van der Waals surface area contributed by atoms with Crippen molar-refractivity contribution in [1.82, 2.24) is 14.3 Å². The van der Waals surface area contributed by atoms with Crippen LogP contribution in [0.25, 0.3) is 0 Å². The van der Waals surface area contributed by atoms with E-state index in [1.54, 1.807) is 18.5 Å². The van der Waals surface area contributed by atoms with E-state index >= 15 is 0 Å². The zero-order valence-electron chi connectivity index (χ0n) is 8.28. The van der Waals surface area contributed by atoms with E-state index in [9.17, 15) is 8.42 Å². The molecular weight excluding hydrogens is 282 g/mol. The van der Waals surface area contributed by atoms with Gasteiger partial charge < -0.3 is 4.57 Å². The fourth-order valence-corrected chi connectivity index (χ4v) is 2.94. The molecule has 0 fully saturated rings. The van der Waals surface area contributed by atoms with Gasteiger partial charge in [0.15, 0.2) is 0 Å². The van der Waals surface area contributed by atoms with Crippen LogP contribution in [0.1, 0.15) is 5.82 Å². The van der Waals surface area contributed by atoms with Crippen LogP contribution in [0.15, 0.2) is 9.63 Å². The molecule has 82 valence electrons. The van der Waals surface area contributed by atoms with Crippen molar-refractivity contribution in [1.29, 1.82) is 0 Å². The molecule has 1 heterocycles. The number of hydrogen-bond acceptors (Lipinski definition) is 3. The average molecular weight is 292 g/mol. The van der Waals surface area contributed by atoms with E-state index < -0.39 is 10.0 Å². The molecule has 0 saturated carbocycles. The molecule has 0 unspecified atom stereocenters. The molecule has 1 aromatic rings. The molecule has 5 nitrogen and oxygen atoms in total. The Morgan fingerprint density at radius 1 is 1.67 bits per heavy atom. The Morgan fingerprint density at radius 3 is 2.67 bits per heavy atom. The van der Waals surface area contributed by atoms with E-state index in [2.05, 4.69) is 31.6 Å². The lowest BCUT2D eigenvalue weighted by molar-refractivity contribution is 0.582. The number of imidazole rings is 1. The first kappa shape index (κ1) is 12.2. The molecule has 0 spiro atoms. The molecular formula is C8H10BrN3O2S. The number of nitrogens with zero attached hydrogens (tertiary/aromatic N) is 2. The van der Waals surface area contributed by atoms with Crippen LogP contribution in [0.5, 0.6) is 0 Å². The van der Waals surface area contributed by atoms with Crippen molar-refractivity contribution in [3.05, 3.63) is 10.4 Å². The fraction of sp³-hybridized carbons (Fsp3) is 0.375. The van der Waals surface area contributed by atoms with Crippen LogP contribution in [0, 0.1) is 19.3 Å². The molecule has 0 aliphatic heterocycles. The Kier molecular flexibility index (Phi) is 3.54. The first-order valence-corrected chi connectivity index (χ1v) is 6.29. The molecule has 1 rings (SSSR count). The Labute approximate surface area is 97.1 Å². The van der Waals surface area contributed by atoms with Gasteiger partial charge in [-0.25, -0.2) is 13.4 Å². The van der Waals surface area contributed by atoms with E-state index in [4.69, 9.17) is 6.42 Å². The summed E-state index contributed by atoms with van der Waals surface area (Å²) in [6.07, 6.45) is 4.97. The van der Waals surface area contributed by atoms with Gasteiger partial charge in [-0.1, -0.05) is 5.92 Å². The number of terminal acetylenes is 1. The van der Waals surface area contributed by atoms with Gasteiger partial charge in [-0.3, -0.25) is 0 Å². The number of halogens is 1. The van der Waals surface area contributed by atoms with Crippen LogP contribution in [0.4, 0.5) is 0 Å². The molecule has 0 aliphatic rings. The zero-order chi connectivity index (χ0) is 11.6. The van der Waals surface area contributed by atoms with Crippen molar-refractivity contribution in [3.8, 4) is 12.3 Å². The van der Waals surface area contributed by atoms with Crippen molar-refractivity contribution in [3.63, 3.8) is 0 Å². The Hall–Kier alpha value is -0.840. The summed E-state index contributed by atoms with van der Waals surface area (Å²) in [6, 6.07) is 0. The van der Waals surface area contributed by atoms with Crippen molar-refractivity contribution in [2.45, 2.75) is 11.9 Å². The predicted octanol–water partition coefficient (Wildman–Crippen LogP) is 0.403. The van der Waals surface area contributed by atoms with Crippen molar-refractivity contribution in [2.75, 3.05) is 6.54 Å². The van der Waals surface area contributed by atoms with Gasteiger partial charge in [0.1, 0.15) is 10.4 Å². The van der Waals surface area contributed by atoms with E-state index in [0.717, 1.165) is 0 Å². The SMILES string of the molecule is C#CCNS(=O)(=O)c1nc(C)n(C)c1Br. The highest BCUT2D eigenvalue weighted by molar-refractivity contribution is 9.10. The number of hydrogen-bond donors (Lipinski definition) is 1. The first-order chi connectivity index (χ1) is 6.90. The Bertz CT molecular complexity index is 513. The lowest BCUT2D eigenvalue weighted by Gasteiger charge is -2.00. The Balaban J connectivity index is 3.18. The summed E-state index contributed by atoms with van der Waals surface area (Å²) in [5, 5.41) is -0.0437. The molecule has 0 bridgehead atoms. The van der Waals surface area contributed by atoms with Crippen LogP contribution in [-0.4, -0.2) is 24.5 Å². The second kappa shape index (κ2) is 4.35. The number of rotatable bonds is 3.